The van der Waals surface area contributed by atoms with Gasteiger partial charge in [-0.1, -0.05) is 29.3 Å². The molecule has 0 aliphatic heterocycles. The molecule has 0 amide bonds. The number of hydrogen-bond donors (Lipinski definition) is 1. The fourth-order valence-electron chi connectivity index (χ4n) is 1.95. The monoisotopic (exact) mass is 276 g/mol. The number of rotatable bonds is 1. The Hall–Kier alpha value is -1.51. The summed E-state index contributed by atoms with van der Waals surface area (Å²) in [6, 6.07) is 11.5. The zero-order chi connectivity index (χ0) is 12.7. The SMILES string of the molecule is Cc1ccc2nc(-c3cc(Cl)cc(Cl)c3)[nH]c2c1. The molecule has 3 rings (SSSR count). The Morgan fingerprint density at radius 2 is 1.72 bits per heavy atom. The average molecular weight is 277 g/mol. The summed E-state index contributed by atoms with van der Waals surface area (Å²) in [5.74, 6) is 0.778. The molecule has 1 aromatic heterocycles. The van der Waals surface area contributed by atoms with Crippen LogP contribution in [0.2, 0.25) is 10.0 Å². The summed E-state index contributed by atoms with van der Waals surface area (Å²) in [6.07, 6.45) is 0. The van der Waals surface area contributed by atoms with E-state index in [9.17, 15) is 0 Å². The fraction of sp³-hybridized carbons (Fsp3) is 0.0714. The van der Waals surface area contributed by atoms with Crippen LogP contribution in [0.15, 0.2) is 36.4 Å². The molecule has 0 atom stereocenters. The average Bonchev–Trinajstić information content (AvgIpc) is 2.70. The zero-order valence-corrected chi connectivity index (χ0v) is 11.2. The Morgan fingerprint density at radius 3 is 2.44 bits per heavy atom. The number of benzene rings is 2. The minimum absolute atomic E-state index is 0.606. The fourth-order valence-corrected chi connectivity index (χ4v) is 2.48. The number of aromatic amines is 1. The van der Waals surface area contributed by atoms with Crippen molar-refractivity contribution in [2.45, 2.75) is 6.92 Å². The lowest BCUT2D eigenvalue weighted by Crippen LogP contribution is -1.80. The lowest BCUT2D eigenvalue weighted by Gasteiger charge is -1.98. The number of hydrogen-bond acceptors (Lipinski definition) is 1. The highest BCUT2D eigenvalue weighted by molar-refractivity contribution is 6.35. The maximum absolute atomic E-state index is 6.00. The van der Waals surface area contributed by atoms with Gasteiger partial charge in [0.05, 0.1) is 11.0 Å². The molecule has 0 saturated carbocycles. The van der Waals surface area contributed by atoms with E-state index >= 15 is 0 Å². The second-order valence-corrected chi connectivity index (χ2v) is 5.14. The molecule has 0 radical (unpaired) electrons. The van der Waals surface area contributed by atoms with Crippen molar-refractivity contribution in [2.75, 3.05) is 0 Å². The normalized spacial score (nSPS) is 11.1. The topological polar surface area (TPSA) is 28.7 Å². The quantitative estimate of drug-likeness (QED) is 0.677. The number of aromatic nitrogens is 2. The van der Waals surface area contributed by atoms with Crippen LogP contribution in [0.3, 0.4) is 0 Å². The van der Waals surface area contributed by atoms with Gasteiger partial charge in [0.2, 0.25) is 0 Å². The van der Waals surface area contributed by atoms with Crippen molar-refractivity contribution in [3.05, 3.63) is 52.0 Å². The van der Waals surface area contributed by atoms with Gasteiger partial charge in [-0.3, -0.25) is 0 Å². The van der Waals surface area contributed by atoms with Gasteiger partial charge in [-0.15, -0.1) is 0 Å². The molecule has 0 aliphatic carbocycles. The van der Waals surface area contributed by atoms with E-state index in [1.807, 2.05) is 24.3 Å². The number of nitrogens with one attached hydrogen (secondary N) is 1. The van der Waals surface area contributed by atoms with Crippen molar-refractivity contribution < 1.29 is 0 Å². The van der Waals surface area contributed by atoms with E-state index in [0.717, 1.165) is 22.4 Å². The Labute approximate surface area is 115 Å². The smallest absolute Gasteiger partial charge is 0.138 e. The first-order valence-corrected chi connectivity index (χ1v) is 6.30. The summed E-state index contributed by atoms with van der Waals surface area (Å²) in [5, 5.41) is 1.21. The number of imidazole rings is 1. The van der Waals surface area contributed by atoms with Crippen LogP contribution < -0.4 is 0 Å². The number of halogens is 2. The third-order valence-corrected chi connectivity index (χ3v) is 3.21. The number of nitrogens with zero attached hydrogens (tertiary/aromatic N) is 1. The van der Waals surface area contributed by atoms with Gasteiger partial charge in [0, 0.05) is 15.6 Å². The van der Waals surface area contributed by atoms with Crippen LogP contribution in [-0.4, -0.2) is 9.97 Å². The van der Waals surface area contributed by atoms with Crippen LogP contribution in [0.1, 0.15) is 5.56 Å². The van der Waals surface area contributed by atoms with Crippen LogP contribution in [0.5, 0.6) is 0 Å². The maximum Gasteiger partial charge on any atom is 0.138 e. The molecular formula is C14H10Cl2N2. The van der Waals surface area contributed by atoms with Gasteiger partial charge in [-0.25, -0.2) is 4.98 Å². The molecule has 90 valence electrons. The summed E-state index contributed by atoms with van der Waals surface area (Å²) in [4.78, 5) is 7.81. The second kappa shape index (κ2) is 4.30. The summed E-state index contributed by atoms with van der Waals surface area (Å²) < 4.78 is 0. The molecular weight excluding hydrogens is 267 g/mol. The molecule has 3 aromatic rings. The molecule has 2 nitrogen and oxygen atoms in total. The largest absolute Gasteiger partial charge is 0.338 e. The van der Waals surface area contributed by atoms with Gasteiger partial charge in [0.1, 0.15) is 5.82 Å². The molecule has 0 saturated heterocycles. The molecule has 0 unspecified atom stereocenters. The summed E-state index contributed by atoms with van der Waals surface area (Å²) in [5.41, 5.74) is 4.04. The van der Waals surface area contributed by atoms with E-state index < -0.39 is 0 Å². The maximum atomic E-state index is 6.00. The highest BCUT2D eigenvalue weighted by atomic mass is 35.5. The first kappa shape index (κ1) is 11.6. The van der Waals surface area contributed by atoms with E-state index in [0.29, 0.717) is 10.0 Å². The first-order valence-electron chi connectivity index (χ1n) is 5.55. The van der Waals surface area contributed by atoms with Crippen LogP contribution in [0, 0.1) is 6.92 Å². The number of fused-ring (bicyclic) bond motifs is 1. The molecule has 2 aromatic carbocycles. The van der Waals surface area contributed by atoms with Gasteiger partial charge >= 0.3 is 0 Å². The summed E-state index contributed by atoms with van der Waals surface area (Å²) in [7, 11) is 0. The van der Waals surface area contributed by atoms with Crippen molar-refractivity contribution in [1.29, 1.82) is 0 Å². The molecule has 0 spiro atoms. The van der Waals surface area contributed by atoms with Crippen molar-refractivity contribution in [1.82, 2.24) is 9.97 Å². The molecule has 4 heteroatoms. The highest BCUT2D eigenvalue weighted by Gasteiger charge is 2.07. The second-order valence-electron chi connectivity index (χ2n) is 4.26. The van der Waals surface area contributed by atoms with Crippen LogP contribution in [0.25, 0.3) is 22.4 Å². The number of H-pyrrole nitrogens is 1. The first-order chi connectivity index (χ1) is 8.61. The van der Waals surface area contributed by atoms with E-state index in [-0.39, 0.29) is 0 Å². The minimum atomic E-state index is 0.606. The van der Waals surface area contributed by atoms with E-state index in [1.54, 1.807) is 6.07 Å². The molecule has 0 bridgehead atoms. The van der Waals surface area contributed by atoms with Crippen molar-refractivity contribution in [3.63, 3.8) is 0 Å². The molecule has 1 N–H and O–H groups in total. The standard InChI is InChI=1S/C14H10Cl2N2/c1-8-2-3-12-13(4-8)18-14(17-12)9-5-10(15)7-11(16)6-9/h2-7H,1H3,(H,17,18). The predicted octanol–water partition coefficient (Wildman–Crippen LogP) is 4.85. The van der Waals surface area contributed by atoms with E-state index in [2.05, 4.69) is 23.0 Å². The third kappa shape index (κ3) is 2.09. The van der Waals surface area contributed by atoms with E-state index in [4.69, 9.17) is 23.2 Å². The van der Waals surface area contributed by atoms with Crippen molar-refractivity contribution in [3.8, 4) is 11.4 Å². The molecule has 0 aliphatic rings. The summed E-state index contributed by atoms with van der Waals surface area (Å²) in [6.45, 7) is 2.05. The van der Waals surface area contributed by atoms with Gasteiger partial charge in [0.25, 0.3) is 0 Å². The predicted molar refractivity (Wildman–Crippen MR) is 76.3 cm³/mol. The minimum Gasteiger partial charge on any atom is -0.338 e. The Morgan fingerprint density at radius 1 is 1.00 bits per heavy atom. The van der Waals surface area contributed by atoms with Crippen molar-refractivity contribution >= 4 is 34.2 Å². The Balaban J connectivity index is 2.19. The lowest BCUT2D eigenvalue weighted by molar-refractivity contribution is 1.34. The molecule has 0 fully saturated rings. The Bertz CT molecular complexity index is 711. The lowest BCUT2D eigenvalue weighted by atomic mass is 10.2. The van der Waals surface area contributed by atoms with Crippen molar-refractivity contribution in [2.24, 2.45) is 0 Å². The van der Waals surface area contributed by atoms with Crippen LogP contribution in [-0.2, 0) is 0 Å². The summed E-state index contributed by atoms with van der Waals surface area (Å²) >= 11 is 12.0. The van der Waals surface area contributed by atoms with Gasteiger partial charge in [-0.2, -0.15) is 0 Å². The molecule has 18 heavy (non-hydrogen) atoms. The highest BCUT2D eigenvalue weighted by Crippen LogP contribution is 2.27. The van der Waals surface area contributed by atoms with Gasteiger partial charge in [0.15, 0.2) is 0 Å². The third-order valence-electron chi connectivity index (χ3n) is 2.77. The molecule has 1 heterocycles. The van der Waals surface area contributed by atoms with Gasteiger partial charge in [-0.05, 0) is 42.8 Å². The Kier molecular flexibility index (Phi) is 2.77. The zero-order valence-electron chi connectivity index (χ0n) is 9.67. The van der Waals surface area contributed by atoms with Gasteiger partial charge < -0.3 is 4.98 Å². The van der Waals surface area contributed by atoms with Crippen LogP contribution >= 0.6 is 23.2 Å². The number of aryl methyl sites for hydroxylation is 1. The van der Waals surface area contributed by atoms with E-state index in [1.165, 1.54) is 5.56 Å². The van der Waals surface area contributed by atoms with Crippen LogP contribution in [0.4, 0.5) is 0 Å².